The molecule has 0 unspecified atom stereocenters. The number of carbonyl (C=O) groups is 2. The SMILES string of the molecule is C[C@]12CCC(=O)N1[C@@H](C(=O)Nc1cccc3ccccc13)CS2. The summed E-state index contributed by atoms with van der Waals surface area (Å²) in [5.74, 6) is 0.669. The average Bonchev–Trinajstić information content (AvgIpc) is 3.04. The molecule has 2 aromatic rings. The summed E-state index contributed by atoms with van der Waals surface area (Å²) in [7, 11) is 0. The monoisotopic (exact) mass is 326 g/mol. The number of carbonyl (C=O) groups excluding carboxylic acids is 2. The van der Waals surface area contributed by atoms with E-state index in [2.05, 4.69) is 12.2 Å². The van der Waals surface area contributed by atoms with Gasteiger partial charge in [0, 0.05) is 23.2 Å². The van der Waals surface area contributed by atoms with Gasteiger partial charge < -0.3 is 10.2 Å². The molecule has 118 valence electrons. The van der Waals surface area contributed by atoms with E-state index in [1.807, 2.05) is 42.5 Å². The summed E-state index contributed by atoms with van der Waals surface area (Å²) >= 11 is 1.71. The standard InChI is InChI=1S/C18H18N2O2S/c1-18-10-9-16(21)20(18)15(11-23-18)17(22)19-14-8-4-6-12-5-2-3-7-13(12)14/h2-8,15H,9-11H2,1H3,(H,19,22)/t15-,18+/m1/s1. The highest BCUT2D eigenvalue weighted by Crippen LogP contribution is 2.47. The number of fused-ring (bicyclic) bond motifs is 2. The molecule has 2 atom stereocenters. The first-order chi connectivity index (χ1) is 11.1. The van der Waals surface area contributed by atoms with Crippen molar-refractivity contribution in [1.29, 1.82) is 0 Å². The molecule has 23 heavy (non-hydrogen) atoms. The molecule has 2 amide bonds. The van der Waals surface area contributed by atoms with Crippen molar-refractivity contribution in [1.82, 2.24) is 4.90 Å². The molecule has 2 aromatic carbocycles. The molecule has 4 nitrogen and oxygen atoms in total. The third-order valence-electron chi connectivity index (χ3n) is 4.79. The lowest BCUT2D eigenvalue weighted by atomic mass is 10.1. The van der Waals surface area contributed by atoms with Gasteiger partial charge in [-0.1, -0.05) is 36.4 Å². The second kappa shape index (κ2) is 5.27. The highest BCUT2D eigenvalue weighted by Gasteiger charge is 2.52. The highest BCUT2D eigenvalue weighted by molar-refractivity contribution is 8.01. The average molecular weight is 326 g/mol. The molecule has 0 bridgehead atoms. The minimum Gasteiger partial charge on any atom is -0.324 e. The molecular weight excluding hydrogens is 308 g/mol. The van der Waals surface area contributed by atoms with Crippen LogP contribution in [0, 0.1) is 0 Å². The molecule has 4 rings (SSSR count). The number of benzene rings is 2. The molecule has 2 aliphatic heterocycles. The van der Waals surface area contributed by atoms with E-state index in [-0.39, 0.29) is 22.7 Å². The second-order valence-corrected chi connectivity index (χ2v) is 7.78. The molecule has 0 spiro atoms. The van der Waals surface area contributed by atoms with Crippen LogP contribution in [-0.4, -0.2) is 33.4 Å². The Morgan fingerprint density at radius 1 is 1.26 bits per heavy atom. The minimum atomic E-state index is -0.376. The van der Waals surface area contributed by atoms with Crippen molar-refractivity contribution in [3.05, 3.63) is 42.5 Å². The van der Waals surface area contributed by atoms with Crippen LogP contribution in [0.3, 0.4) is 0 Å². The number of hydrogen-bond acceptors (Lipinski definition) is 3. The predicted molar refractivity (Wildman–Crippen MR) is 93.3 cm³/mol. The maximum Gasteiger partial charge on any atom is 0.248 e. The predicted octanol–water partition coefficient (Wildman–Crippen LogP) is 3.23. The third kappa shape index (κ3) is 2.30. The van der Waals surface area contributed by atoms with Crippen molar-refractivity contribution in [2.24, 2.45) is 0 Å². The summed E-state index contributed by atoms with van der Waals surface area (Å²) in [5.41, 5.74) is 0.804. The van der Waals surface area contributed by atoms with Crippen LogP contribution < -0.4 is 5.32 Å². The van der Waals surface area contributed by atoms with Gasteiger partial charge in [0.2, 0.25) is 11.8 Å². The number of nitrogens with zero attached hydrogens (tertiary/aromatic N) is 1. The zero-order valence-electron chi connectivity index (χ0n) is 12.9. The molecule has 2 saturated heterocycles. The fourth-order valence-electron chi connectivity index (χ4n) is 3.57. The molecule has 0 aliphatic carbocycles. The number of rotatable bonds is 2. The van der Waals surface area contributed by atoms with E-state index in [0.29, 0.717) is 12.2 Å². The quantitative estimate of drug-likeness (QED) is 0.922. The Balaban J connectivity index is 1.62. The van der Waals surface area contributed by atoms with Crippen molar-refractivity contribution in [2.75, 3.05) is 11.1 Å². The van der Waals surface area contributed by atoms with E-state index in [9.17, 15) is 9.59 Å². The third-order valence-corrected chi connectivity index (χ3v) is 6.30. The van der Waals surface area contributed by atoms with E-state index in [0.717, 1.165) is 22.9 Å². The smallest absolute Gasteiger partial charge is 0.248 e. The summed E-state index contributed by atoms with van der Waals surface area (Å²) in [6.07, 6.45) is 1.37. The topological polar surface area (TPSA) is 49.4 Å². The second-order valence-electron chi connectivity index (χ2n) is 6.28. The fraction of sp³-hybridized carbons (Fsp3) is 0.333. The Morgan fingerprint density at radius 3 is 2.91 bits per heavy atom. The molecule has 2 aliphatic rings. The van der Waals surface area contributed by atoms with Gasteiger partial charge in [0.25, 0.3) is 0 Å². The van der Waals surface area contributed by atoms with E-state index in [4.69, 9.17) is 0 Å². The Labute approximate surface area is 139 Å². The van der Waals surface area contributed by atoms with Gasteiger partial charge in [0.05, 0.1) is 4.87 Å². The van der Waals surface area contributed by atoms with Crippen LogP contribution in [0.4, 0.5) is 5.69 Å². The van der Waals surface area contributed by atoms with E-state index in [1.54, 1.807) is 16.7 Å². The Morgan fingerprint density at radius 2 is 2.04 bits per heavy atom. The van der Waals surface area contributed by atoms with E-state index >= 15 is 0 Å². The van der Waals surface area contributed by atoms with Crippen LogP contribution in [0.5, 0.6) is 0 Å². The fourth-order valence-corrected chi connectivity index (χ4v) is 5.00. The molecular formula is C18H18N2O2S. The van der Waals surface area contributed by atoms with Crippen molar-refractivity contribution in [3.8, 4) is 0 Å². The first-order valence-electron chi connectivity index (χ1n) is 7.83. The Hall–Kier alpha value is -2.01. The highest BCUT2D eigenvalue weighted by atomic mass is 32.2. The lowest BCUT2D eigenvalue weighted by molar-refractivity contribution is -0.135. The summed E-state index contributed by atoms with van der Waals surface area (Å²) < 4.78 is 0. The largest absolute Gasteiger partial charge is 0.324 e. The number of anilines is 1. The van der Waals surface area contributed by atoms with Gasteiger partial charge in [-0.3, -0.25) is 9.59 Å². The van der Waals surface area contributed by atoms with Crippen molar-refractivity contribution < 1.29 is 9.59 Å². The normalized spacial score (nSPS) is 26.6. The van der Waals surface area contributed by atoms with E-state index in [1.165, 1.54) is 0 Å². The molecule has 0 aromatic heterocycles. The van der Waals surface area contributed by atoms with Crippen LogP contribution in [0.15, 0.2) is 42.5 Å². The van der Waals surface area contributed by atoms with Crippen LogP contribution >= 0.6 is 11.8 Å². The first-order valence-corrected chi connectivity index (χ1v) is 8.82. The summed E-state index contributed by atoms with van der Waals surface area (Å²) in [6, 6.07) is 13.5. The van der Waals surface area contributed by atoms with Crippen LogP contribution in [0.1, 0.15) is 19.8 Å². The zero-order valence-corrected chi connectivity index (χ0v) is 13.7. The molecule has 5 heteroatoms. The molecule has 0 saturated carbocycles. The van der Waals surface area contributed by atoms with Crippen molar-refractivity contribution in [2.45, 2.75) is 30.7 Å². The Kier molecular flexibility index (Phi) is 3.34. The lowest BCUT2D eigenvalue weighted by Crippen LogP contribution is -2.48. The summed E-state index contributed by atoms with van der Waals surface area (Å²) in [4.78, 5) is 26.5. The van der Waals surface area contributed by atoms with Crippen molar-refractivity contribution >= 4 is 40.0 Å². The lowest BCUT2D eigenvalue weighted by Gasteiger charge is -2.29. The number of hydrogen-bond donors (Lipinski definition) is 1. The zero-order chi connectivity index (χ0) is 16.0. The minimum absolute atomic E-state index is 0.0900. The van der Waals surface area contributed by atoms with Crippen LogP contribution in [0.2, 0.25) is 0 Å². The Bertz CT molecular complexity index is 801. The molecule has 1 N–H and O–H groups in total. The van der Waals surface area contributed by atoms with Gasteiger partial charge in [-0.05, 0) is 24.8 Å². The van der Waals surface area contributed by atoms with Gasteiger partial charge in [-0.25, -0.2) is 0 Å². The molecule has 2 heterocycles. The number of amides is 2. The van der Waals surface area contributed by atoms with Crippen LogP contribution in [0.25, 0.3) is 10.8 Å². The van der Waals surface area contributed by atoms with Gasteiger partial charge in [0.1, 0.15) is 6.04 Å². The summed E-state index contributed by atoms with van der Waals surface area (Å²) in [5, 5.41) is 5.14. The number of nitrogens with one attached hydrogen (secondary N) is 1. The molecule has 0 radical (unpaired) electrons. The van der Waals surface area contributed by atoms with Gasteiger partial charge in [0.15, 0.2) is 0 Å². The molecule has 2 fully saturated rings. The van der Waals surface area contributed by atoms with Crippen molar-refractivity contribution in [3.63, 3.8) is 0 Å². The maximum atomic E-state index is 12.8. The van der Waals surface area contributed by atoms with Gasteiger partial charge in [-0.2, -0.15) is 0 Å². The van der Waals surface area contributed by atoms with Gasteiger partial charge in [-0.15, -0.1) is 11.8 Å². The number of thioether (sulfide) groups is 1. The van der Waals surface area contributed by atoms with Crippen LogP contribution in [-0.2, 0) is 9.59 Å². The van der Waals surface area contributed by atoms with E-state index < -0.39 is 0 Å². The van der Waals surface area contributed by atoms with Gasteiger partial charge >= 0.3 is 0 Å². The summed E-state index contributed by atoms with van der Waals surface area (Å²) in [6.45, 7) is 2.06. The maximum absolute atomic E-state index is 12.8. The first kappa shape index (κ1) is 14.6.